The van der Waals surface area contributed by atoms with Crippen molar-refractivity contribution in [1.82, 2.24) is 0 Å². The number of aliphatic imine (C=N–C) groups is 1. The van der Waals surface area contributed by atoms with Gasteiger partial charge in [0.2, 0.25) is 0 Å². The first-order valence-corrected chi connectivity index (χ1v) is 10.1. The highest BCUT2D eigenvalue weighted by Crippen LogP contribution is 2.32. The van der Waals surface area contributed by atoms with Crippen LogP contribution in [0.1, 0.15) is 11.1 Å². The number of amidine groups is 1. The highest BCUT2D eigenvalue weighted by atomic mass is 79.9. The zero-order chi connectivity index (χ0) is 20.5. The molecule has 0 spiro atoms. The van der Waals surface area contributed by atoms with Gasteiger partial charge in [0, 0.05) is 20.1 Å². The first-order chi connectivity index (χ1) is 13.9. The van der Waals surface area contributed by atoms with Crippen LogP contribution in [0.15, 0.2) is 81.9 Å². The predicted octanol–water partition coefficient (Wildman–Crippen LogP) is 6.73. The molecule has 0 atom stereocenters. The molecule has 1 amide bonds. The minimum Gasteiger partial charge on any atom is -0.266 e. The number of anilines is 1. The number of amides is 1. The Bertz CT molecular complexity index is 1180. The number of carbonyl (C=O) groups excluding carboxylic acids is 1. The average molecular weight is 490 g/mol. The molecule has 144 valence electrons. The molecule has 1 aliphatic rings. The van der Waals surface area contributed by atoms with Gasteiger partial charge < -0.3 is 0 Å². The molecule has 0 unspecified atom stereocenters. The van der Waals surface area contributed by atoms with Crippen LogP contribution in [0.2, 0.25) is 10.0 Å². The molecule has 0 fully saturated rings. The summed E-state index contributed by atoms with van der Waals surface area (Å²) in [5, 5.41) is 0.913. The average Bonchev–Trinajstić information content (AvgIpc) is 3.01. The summed E-state index contributed by atoms with van der Waals surface area (Å²) in [6.07, 6.45) is 1.61. The van der Waals surface area contributed by atoms with Crippen LogP contribution in [0.4, 0.5) is 10.1 Å². The van der Waals surface area contributed by atoms with E-state index < -0.39 is 0 Å². The molecule has 0 aromatic heterocycles. The van der Waals surface area contributed by atoms with E-state index >= 15 is 0 Å². The summed E-state index contributed by atoms with van der Waals surface area (Å²) in [5.74, 6) is -0.290. The summed E-state index contributed by atoms with van der Waals surface area (Å²) in [7, 11) is 0. The highest BCUT2D eigenvalue weighted by molar-refractivity contribution is 9.10. The SMILES string of the molecule is O=C1/C(=C\c2ccc(Cl)cc2Cl)N=C(c2ccccc2Br)N1c1ccc(F)cc1. The van der Waals surface area contributed by atoms with Gasteiger partial charge in [-0.3, -0.25) is 9.69 Å². The predicted molar refractivity (Wildman–Crippen MR) is 119 cm³/mol. The van der Waals surface area contributed by atoms with Crippen LogP contribution in [0.5, 0.6) is 0 Å². The Labute approximate surface area is 185 Å². The highest BCUT2D eigenvalue weighted by Gasteiger charge is 2.33. The van der Waals surface area contributed by atoms with Crippen molar-refractivity contribution in [2.75, 3.05) is 4.90 Å². The summed E-state index contributed by atoms with van der Waals surface area (Å²) in [6, 6.07) is 18.1. The van der Waals surface area contributed by atoms with Crippen LogP contribution < -0.4 is 4.90 Å². The molecule has 0 aliphatic carbocycles. The Morgan fingerprint density at radius 2 is 1.72 bits per heavy atom. The van der Waals surface area contributed by atoms with Crippen LogP contribution >= 0.6 is 39.1 Å². The molecule has 0 saturated heterocycles. The fourth-order valence-corrected chi connectivity index (χ4v) is 3.86. The largest absolute Gasteiger partial charge is 0.282 e. The summed E-state index contributed by atoms with van der Waals surface area (Å²) in [6.45, 7) is 0. The smallest absolute Gasteiger partial charge is 0.266 e. The molecule has 0 radical (unpaired) electrons. The number of rotatable bonds is 3. The van der Waals surface area contributed by atoms with Crippen molar-refractivity contribution in [1.29, 1.82) is 0 Å². The standard InChI is InChI=1S/C22H12BrCl2FN2O/c23-18-4-2-1-3-17(18)21-27-20(11-13-5-6-14(24)12-19(13)25)22(29)28(21)16-9-7-15(26)8-10-16/h1-12H/b20-11+. The number of carbonyl (C=O) groups is 1. The van der Waals surface area contributed by atoms with Gasteiger partial charge in [0.25, 0.3) is 5.91 Å². The number of hydrogen-bond donors (Lipinski definition) is 0. The molecule has 29 heavy (non-hydrogen) atoms. The van der Waals surface area contributed by atoms with Gasteiger partial charge in [0.05, 0.1) is 5.69 Å². The van der Waals surface area contributed by atoms with Crippen LogP contribution in [0.3, 0.4) is 0 Å². The number of benzene rings is 3. The molecule has 7 heteroatoms. The van der Waals surface area contributed by atoms with Gasteiger partial charge in [-0.2, -0.15) is 0 Å². The Kier molecular flexibility index (Phi) is 5.54. The molecule has 0 bridgehead atoms. The maximum Gasteiger partial charge on any atom is 0.282 e. The van der Waals surface area contributed by atoms with Crippen molar-refractivity contribution in [3.05, 3.63) is 104 Å². The number of hydrogen-bond acceptors (Lipinski definition) is 2. The van der Waals surface area contributed by atoms with Gasteiger partial charge in [-0.25, -0.2) is 9.38 Å². The summed E-state index contributed by atoms with van der Waals surface area (Å²) >= 11 is 15.7. The third kappa shape index (κ3) is 3.99. The van der Waals surface area contributed by atoms with E-state index in [4.69, 9.17) is 23.2 Å². The Morgan fingerprint density at radius 1 is 1.00 bits per heavy atom. The quantitative estimate of drug-likeness (QED) is 0.375. The molecule has 3 nitrogen and oxygen atoms in total. The van der Waals surface area contributed by atoms with Gasteiger partial charge in [0.15, 0.2) is 0 Å². The van der Waals surface area contributed by atoms with E-state index in [0.29, 0.717) is 27.1 Å². The van der Waals surface area contributed by atoms with Crippen LogP contribution in [-0.2, 0) is 4.79 Å². The molecule has 0 saturated carbocycles. The lowest BCUT2D eigenvalue weighted by Crippen LogP contribution is -2.32. The maximum atomic E-state index is 13.4. The minimum atomic E-state index is -0.386. The van der Waals surface area contributed by atoms with E-state index in [1.54, 1.807) is 24.3 Å². The third-order valence-electron chi connectivity index (χ3n) is 4.31. The molecular formula is C22H12BrCl2FN2O. The van der Waals surface area contributed by atoms with E-state index in [1.807, 2.05) is 24.3 Å². The lowest BCUT2D eigenvalue weighted by Gasteiger charge is -2.19. The van der Waals surface area contributed by atoms with Crippen molar-refractivity contribution in [3.63, 3.8) is 0 Å². The number of halogens is 4. The zero-order valence-corrected chi connectivity index (χ0v) is 17.8. The second-order valence-corrected chi connectivity index (χ2v) is 7.93. The summed E-state index contributed by atoms with van der Waals surface area (Å²) in [5.41, 5.74) is 2.08. The van der Waals surface area contributed by atoms with Crippen molar-refractivity contribution in [2.45, 2.75) is 0 Å². The van der Waals surface area contributed by atoms with Gasteiger partial charge in [-0.1, -0.05) is 63.4 Å². The van der Waals surface area contributed by atoms with Crippen molar-refractivity contribution in [2.24, 2.45) is 4.99 Å². The van der Waals surface area contributed by atoms with Crippen molar-refractivity contribution < 1.29 is 9.18 Å². The van der Waals surface area contributed by atoms with Gasteiger partial charge in [-0.15, -0.1) is 0 Å². The number of nitrogens with zero attached hydrogens (tertiary/aromatic N) is 2. The molecule has 1 heterocycles. The summed E-state index contributed by atoms with van der Waals surface area (Å²) in [4.78, 5) is 19.3. The van der Waals surface area contributed by atoms with E-state index in [-0.39, 0.29) is 17.4 Å². The fourth-order valence-electron chi connectivity index (χ4n) is 2.94. The third-order valence-corrected chi connectivity index (χ3v) is 5.57. The fraction of sp³-hybridized carbons (Fsp3) is 0. The lowest BCUT2D eigenvalue weighted by molar-refractivity contribution is -0.113. The topological polar surface area (TPSA) is 32.7 Å². The Balaban J connectivity index is 1.86. The zero-order valence-electron chi connectivity index (χ0n) is 14.7. The molecule has 1 aliphatic heterocycles. The van der Waals surface area contributed by atoms with Crippen LogP contribution in [0.25, 0.3) is 6.08 Å². The Hall–Kier alpha value is -2.47. The second-order valence-electron chi connectivity index (χ2n) is 6.23. The molecule has 3 aromatic carbocycles. The second kappa shape index (κ2) is 8.11. The van der Waals surface area contributed by atoms with E-state index in [0.717, 1.165) is 10.0 Å². The summed E-state index contributed by atoms with van der Waals surface area (Å²) < 4.78 is 14.2. The van der Waals surface area contributed by atoms with E-state index in [2.05, 4.69) is 20.9 Å². The van der Waals surface area contributed by atoms with Gasteiger partial charge in [0.1, 0.15) is 17.3 Å². The van der Waals surface area contributed by atoms with Crippen LogP contribution in [0, 0.1) is 5.82 Å². The maximum absolute atomic E-state index is 13.4. The van der Waals surface area contributed by atoms with E-state index in [9.17, 15) is 9.18 Å². The van der Waals surface area contributed by atoms with E-state index in [1.165, 1.54) is 29.2 Å². The molecule has 0 N–H and O–H groups in total. The first-order valence-electron chi connectivity index (χ1n) is 8.54. The molecular weight excluding hydrogens is 478 g/mol. The first kappa shape index (κ1) is 19.8. The minimum absolute atomic E-state index is 0.212. The van der Waals surface area contributed by atoms with Gasteiger partial charge in [-0.05, 0) is 54.1 Å². The Morgan fingerprint density at radius 3 is 2.41 bits per heavy atom. The normalized spacial score (nSPS) is 15.2. The van der Waals surface area contributed by atoms with Crippen LogP contribution in [-0.4, -0.2) is 11.7 Å². The monoisotopic (exact) mass is 488 g/mol. The lowest BCUT2D eigenvalue weighted by atomic mass is 10.1. The molecule has 3 aromatic rings. The van der Waals surface area contributed by atoms with Crippen molar-refractivity contribution in [3.8, 4) is 0 Å². The van der Waals surface area contributed by atoms with Gasteiger partial charge >= 0.3 is 0 Å². The van der Waals surface area contributed by atoms with Crippen molar-refractivity contribution >= 4 is 62.6 Å². The molecule has 4 rings (SSSR count).